The molecule has 0 saturated heterocycles. The van der Waals surface area contributed by atoms with Crippen LogP contribution in [-0.4, -0.2) is 18.2 Å². The van der Waals surface area contributed by atoms with Crippen LogP contribution in [0.15, 0.2) is 54.6 Å². The summed E-state index contributed by atoms with van der Waals surface area (Å²) in [5, 5.41) is 3.33. The summed E-state index contributed by atoms with van der Waals surface area (Å²) in [6.45, 7) is 6.29. The van der Waals surface area contributed by atoms with Crippen molar-refractivity contribution in [1.29, 1.82) is 0 Å². The molecule has 0 aliphatic carbocycles. The van der Waals surface area contributed by atoms with Crippen molar-refractivity contribution in [3.8, 4) is 0 Å². The zero-order valence-electron chi connectivity index (χ0n) is 15.1. The van der Waals surface area contributed by atoms with Gasteiger partial charge in [0.1, 0.15) is 6.29 Å². The fraction of sp³-hybridized carbons (Fsp3) is 0.333. The van der Waals surface area contributed by atoms with E-state index in [2.05, 4.69) is 19.2 Å². The smallest absolute Gasteiger partial charge is 0.234 e. The van der Waals surface area contributed by atoms with E-state index in [0.717, 1.165) is 23.5 Å². The maximum absolute atomic E-state index is 12.4. The minimum absolute atomic E-state index is 0.0420. The Morgan fingerprint density at radius 2 is 1.60 bits per heavy atom. The lowest BCUT2D eigenvalue weighted by molar-refractivity contribution is -0.122. The molecule has 0 fully saturated rings. The Morgan fingerprint density at radius 1 is 1.00 bits per heavy atom. The number of rotatable bonds is 8. The van der Waals surface area contributed by atoms with E-state index in [0.29, 0.717) is 12.2 Å². The summed E-state index contributed by atoms with van der Waals surface area (Å²) in [5.41, 5.74) is 2.78. The Kier molecular flexibility index (Phi) is 6.75. The van der Waals surface area contributed by atoms with Crippen molar-refractivity contribution < 1.29 is 9.59 Å². The van der Waals surface area contributed by atoms with E-state index in [1.54, 1.807) is 4.90 Å². The Bertz CT molecular complexity index is 681. The van der Waals surface area contributed by atoms with Gasteiger partial charge in [0.15, 0.2) is 0 Å². The van der Waals surface area contributed by atoms with Gasteiger partial charge in [0.2, 0.25) is 5.91 Å². The number of anilines is 3. The highest BCUT2D eigenvalue weighted by atomic mass is 16.2. The number of aldehydes is 1. The zero-order chi connectivity index (χ0) is 18.2. The molecular formula is C21H26N2O2. The molecule has 132 valence electrons. The lowest BCUT2D eigenvalue weighted by atomic mass is 10.0. The first-order chi connectivity index (χ1) is 12.0. The van der Waals surface area contributed by atoms with Gasteiger partial charge in [-0.15, -0.1) is 0 Å². The van der Waals surface area contributed by atoms with E-state index >= 15 is 0 Å². The number of nitrogens with one attached hydrogen (secondary N) is 1. The monoisotopic (exact) mass is 338 g/mol. The van der Waals surface area contributed by atoms with Crippen molar-refractivity contribution in [2.75, 3.05) is 10.2 Å². The highest BCUT2D eigenvalue weighted by Gasteiger charge is 2.22. The number of para-hydroxylation sites is 1. The molecule has 2 aromatic rings. The second-order valence-corrected chi connectivity index (χ2v) is 6.65. The van der Waals surface area contributed by atoms with E-state index < -0.39 is 0 Å². The molecule has 1 atom stereocenters. The van der Waals surface area contributed by atoms with Crippen LogP contribution in [0.3, 0.4) is 0 Å². The molecule has 1 unspecified atom stereocenters. The lowest BCUT2D eigenvalue weighted by Gasteiger charge is -2.30. The number of nitrogens with zero attached hydrogens (tertiary/aromatic N) is 1. The van der Waals surface area contributed by atoms with Crippen molar-refractivity contribution in [3.05, 3.63) is 54.6 Å². The Labute approximate surface area is 149 Å². The highest BCUT2D eigenvalue weighted by molar-refractivity contribution is 6.00. The summed E-state index contributed by atoms with van der Waals surface area (Å²) < 4.78 is 0. The normalized spacial score (nSPS) is 11.8. The molecule has 0 aromatic heterocycles. The van der Waals surface area contributed by atoms with Gasteiger partial charge in [0, 0.05) is 23.1 Å². The number of carbonyl (C=O) groups is 2. The van der Waals surface area contributed by atoms with E-state index in [1.807, 2.05) is 61.5 Å². The highest BCUT2D eigenvalue weighted by Crippen LogP contribution is 2.25. The van der Waals surface area contributed by atoms with Gasteiger partial charge in [-0.2, -0.15) is 0 Å². The third kappa shape index (κ3) is 5.45. The van der Waals surface area contributed by atoms with Crippen LogP contribution < -0.4 is 10.2 Å². The summed E-state index contributed by atoms with van der Waals surface area (Å²) in [7, 11) is 0. The van der Waals surface area contributed by atoms with Gasteiger partial charge in [-0.1, -0.05) is 32.0 Å². The third-order valence-electron chi connectivity index (χ3n) is 3.99. The van der Waals surface area contributed by atoms with Crippen molar-refractivity contribution >= 4 is 29.3 Å². The summed E-state index contributed by atoms with van der Waals surface area (Å²) in [6.07, 6.45) is 1.46. The van der Waals surface area contributed by atoms with Crippen LogP contribution >= 0.6 is 0 Å². The van der Waals surface area contributed by atoms with Crippen LogP contribution in [0.25, 0.3) is 0 Å². The molecule has 0 saturated carbocycles. The number of benzene rings is 2. The minimum atomic E-state index is -0.160. The number of amides is 1. The number of hydrogen-bond donors (Lipinski definition) is 1. The predicted octanol–water partition coefficient (Wildman–Crippen LogP) is 4.79. The SMILES string of the molecule is CC(C)CC(C)N(C(=O)CC=O)c1ccc(Nc2ccccc2)cc1. The van der Waals surface area contributed by atoms with Gasteiger partial charge in [-0.25, -0.2) is 0 Å². The van der Waals surface area contributed by atoms with Crippen LogP contribution in [0, 0.1) is 5.92 Å². The van der Waals surface area contributed by atoms with Gasteiger partial charge in [0.25, 0.3) is 0 Å². The second-order valence-electron chi connectivity index (χ2n) is 6.65. The molecule has 4 nitrogen and oxygen atoms in total. The van der Waals surface area contributed by atoms with Crippen LogP contribution in [0.5, 0.6) is 0 Å². The van der Waals surface area contributed by atoms with Crippen molar-refractivity contribution in [2.45, 2.75) is 39.7 Å². The number of hydrogen-bond acceptors (Lipinski definition) is 3. The van der Waals surface area contributed by atoms with Crippen LogP contribution in [0.4, 0.5) is 17.1 Å². The van der Waals surface area contributed by atoms with Crippen LogP contribution in [0.1, 0.15) is 33.6 Å². The average Bonchev–Trinajstić information content (AvgIpc) is 2.57. The second kappa shape index (κ2) is 9.02. The maximum atomic E-state index is 12.4. The molecule has 0 bridgehead atoms. The average molecular weight is 338 g/mol. The van der Waals surface area contributed by atoms with Gasteiger partial charge in [-0.3, -0.25) is 4.79 Å². The molecule has 0 aliphatic heterocycles. The molecule has 0 radical (unpaired) electrons. The summed E-state index contributed by atoms with van der Waals surface area (Å²) in [4.78, 5) is 25.0. The first kappa shape index (κ1) is 18.7. The van der Waals surface area contributed by atoms with E-state index in [4.69, 9.17) is 0 Å². The molecule has 25 heavy (non-hydrogen) atoms. The first-order valence-electron chi connectivity index (χ1n) is 8.69. The van der Waals surface area contributed by atoms with E-state index in [-0.39, 0.29) is 18.4 Å². The molecule has 1 N–H and O–H groups in total. The standard InChI is InChI=1S/C21H26N2O2/c1-16(2)15-17(3)23(21(25)13-14-24)20-11-9-19(10-12-20)22-18-7-5-4-6-8-18/h4-12,14,16-17,22H,13,15H2,1-3H3. The summed E-state index contributed by atoms with van der Waals surface area (Å²) in [5.74, 6) is 0.312. The predicted molar refractivity (Wildman–Crippen MR) is 103 cm³/mol. The molecule has 2 rings (SSSR count). The topological polar surface area (TPSA) is 49.4 Å². The fourth-order valence-corrected chi connectivity index (χ4v) is 3.00. The summed E-state index contributed by atoms with van der Waals surface area (Å²) in [6, 6.07) is 17.7. The largest absolute Gasteiger partial charge is 0.356 e. The first-order valence-corrected chi connectivity index (χ1v) is 8.69. The van der Waals surface area contributed by atoms with Crippen molar-refractivity contribution in [2.24, 2.45) is 5.92 Å². The Morgan fingerprint density at radius 3 is 2.16 bits per heavy atom. The molecular weight excluding hydrogens is 312 g/mol. The van der Waals surface area contributed by atoms with Gasteiger partial charge in [-0.05, 0) is 55.7 Å². The van der Waals surface area contributed by atoms with E-state index in [9.17, 15) is 9.59 Å². The maximum Gasteiger partial charge on any atom is 0.234 e. The molecule has 1 amide bonds. The zero-order valence-corrected chi connectivity index (χ0v) is 15.1. The molecule has 0 aliphatic rings. The van der Waals surface area contributed by atoms with Crippen molar-refractivity contribution in [3.63, 3.8) is 0 Å². The van der Waals surface area contributed by atoms with Crippen LogP contribution in [0.2, 0.25) is 0 Å². The quantitative estimate of drug-likeness (QED) is 0.556. The molecule has 0 spiro atoms. The van der Waals surface area contributed by atoms with Gasteiger partial charge in [0.05, 0.1) is 6.42 Å². The Balaban J connectivity index is 2.19. The van der Waals surface area contributed by atoms with E-state index in [1.165, 1.54) is 0 Å². The molecule has 2 aromatic carbocycles. The minimum Gasteiger partial charge on any atom is -0.356 e. The molecule has 4 heteroatoms. The summed E-state index contributed by atoms with van der Waals surface area (Å²) >= 11 is 0. The fourth-order valence-electron chi connectivity index (χ4n) is 3.00. The van der Waals surface area contributed by atoms with Crippen LogP contribution in [-0.2, 0) is 9.59 Å². The lowest BCUT2D eigenvalue weighted by Crippen LogP contribution is -2.39. The third-order valence-corrected chi connectivity index (χ3v) is 3.99. The van der Waals surface area contributed by atoms with Gasteiger partial charge < -0.3 is 15.0 Å². The van der Waals surface area contributed by atoms with Gasteiger partial charge >= 0.3 is 0 Å². The number of carbonyl (C=O) groups excluding carboxylic acids is 2. The molecule has 0 heterocycles. The Hall–Kier alpha value is -2.62. The van der Waals surface area contributed by atoms with Crippen molar-refractivity contribution in [1.82, 2.24) is 0 Å².